The molecule has 4 heterocycles. The molecule has 0 radical (unpaired) electrons. The minimum Gasteiger partial charge on any atom is -0.379 e. The second-order valence-electron chi connectivity index (χ2n) is 7.26. The van der Waals surface area contributed by atoms with Crippen molar-refractivity contribution >= 4 is 17.3 Å². The van der Waals surface area contributed by atoms with Crippen molar-refractivity contribution in [1.29, 1.82) is 0 Å². The summed E-state index contributed by atoms with van der Waals surface area (Å²) in [5, 5.41) is 9.20. The molecular formula is C19H30N4O2S. The van der Waals surface area contributed by atoms with E-state index in [4.69, 9.17) is 14.5 Å². The molecule has 3 aliphatic rings. The van der Waals surface area contributed by atoms with Gasteiger partial charge in [-0.2, -0.15) is 0 Å². The lowest BCUT2D eigenvalue weighted by atomic mass is 9.96. The third kappa shape index (κ3) is 4.22. The quantitative estimate of drug-likeness (QED) is 0.586. The van der Waals surface area contributed by atoms with Crippen molar-refractivity contribution in [3.05, 3.63) is 22.4 Å². The summed E-state index contributed by atoms with van der Waals surface area (Å²) >= 11 is 1.82. The van der Waals surface area contributed by atoms with E-state index in [2.05, 4.69) is 40.0 Å². The number of hydrogen-bond acceptors (Lipinski definition) is 5. The van der Waals surface area contributed by atoms with E-state index < -0.39 is 0 Å². The van der Waals surface area contributed by atoms with Gasteiger partial charge in [-0.05, 0) is 37.6 Å². The number of ether oxygens (including phenoxy) is 2. The molecule has 3 fully saturated rings. The van der Waals surface area contributed by atoms with Crippen molar-refractivity contribution in [2.75, 3.05) is 39.4 Å². The van der Waals surface area contributed by atoms with Crippen LogP contribution >= 0.6 is 11.3 Å². The highest BCUT2D eigenvalue weighted by Gasteiger charge is 2.41. The van der Waals surface area contributed by atoms with Crippen molar-refractivity contribution in [3.63, 3.8) is 0 Å². The third-order valence-corrected chi connectivity index (χ3v) is 6.53. The molecule has 4 atom stereocenters. The summed E-state index contributed by atoms with van der Waals surface area (Å²) in [5.74, 6) is 0.920. The first-order valence-electron chi connectivity index (χ1n) is 9.89. The molecule has 2 N–H and O–H groups in total. The molecule has 3 aliphatic heterocycles. The molecule has 0 spiro atoms. The van der Waals surface area contributed by atoms with Crippen LogP contribution in [-0.2, 0) is 9.47 Å². The minimum absolute atomic E-state index is 0.325. The topological polar surface area (TPSA) is 58.1 Å². The van der Waals surface area contributed by atoms with E-state index in [1.54, 1.807) is 0 Å². The fourth-order valence-corrected chi connectivity index (χ4v) is 5.07. The van der Waals surface area contributed by atoms with Crippen LogP contribution in [0.4, 0.5) is 0 Å². The first kappa shape index (κ1) is 18.2. The third-order valence-electron chi connectivity index (χ3n) is 5.55. The Morgan fingerprint density at radius 1 is 1.38 bits per heavy atom. The van der Waals surface area contributed by atoms with Gasteiger partial charge in [0.05, 0.1) is 44.1 Å². The van der Waals surface area contributed by atoms with Gasteiger partial charge in [-0.15, -0.1) is 11.3 Å². The number of aliphatic imine (C=N–C) groups is 1. The van der Waals surface area contributed by atoms with E-state index in [1.165, 1.54) is 17.7 Å². The fourth-order valence-electron chi connectivity index (χ4n) is 4.22. The maximum absolute atomic E-state index is 5.98. The van der Waals surface area contributed by atoms with Crippen LogP contribution in [0.15, 0.2) is 22.5 Å². The van der Waals surface area contributed by atoms with Gasteiger partial charge in [-0.1, -0.05) is 6.07 Å². The van der Waals surface area contributed by atoms with E-state index in [0.29, 0.717) is 24.3 Å². The van der Waals surface area contributed by atoms with Crippen molar-refractivity contribution in [1.82, 2.24) is 15.5 Å². The summed E-state index contributed by atoms with van der Waals surface area (Å²) in [7, 11) is 0. The zero-order chi connectivity index (χ0) is 17.8. The van der Waals surface area contributed by atoms with Crippen LogP contribution in [-0.4, -0.2) is 68.5 Å². The summed E-state index contributed by atoms with van der Waals surface area (Å²) in [5.41, 5.74) is 0. The molecule has 7 heteroatoms. The van der Waals surface area contributed by atoms with Gasteiger partial charge in [0, 0.05) is 24.5 Å². The molecule has 144 valence electrons. The lowest BCUT2D eigenvalue weighted by molar-refractivity contribution is 0.0186. The normalized spacial score (nSPS) is 30.5. The van der Waals surface area contributed by atoms with Crippen LogP contribution in [0.1, 0.15) is 37.1 Å². The second-order valence-corrected chi connectivity index (χ2v) is 8.24. The molecule has 4 rings (SSSR count). The van der Waals surface area contributed by atoms with Crippen LogP contribution in [0.25, 0.3) is 0 Å². The van der Waals surface area contributed by atoms with Crippen LogP contribution in [0.3, 0.4) is 0 Å². The molecule has 0 saturated carbocycles. The van der Waals surface area contributed by atoms with Crippen molar-refractivity contribution in [2.24, 2.45) is 4.99 Å². The largest absolute Gasteiger partial charge is 0.379 e. The Balaban J connectivity index is 1.43. The summed E-state index contributed by atoms with van der Waals surface area (Å²) in [4.78, 5) is 8.84. The number of fused-ring (bicyclic) bond motifs is 2. The van der Waals surface area contributed by atoms with Gasteiger partial charge in [-0.3, -0.25) is 9.89 Å². The highest BCUT2D eigenvalue weighted by Crippen LogP contribution is 2.34. The molecular weight excluding hydrogens is 348 g/mol. The summed E-state index contributed by atoms with van der Waals surface area (Å²) in [6, 6.07) is 5.08. The van der Waals surface area contributed by atoms with Gasteiger partial charge in [0.25, 0.3) is 0 Å². The number of morpholine rings is 1. The molecule has 0 amide bonds. The summed E-state index contributed by atoms with van der Waals surface area (Å²) in [6.45, 7) is 7.32. The Bertz CT molecular complexity index is 588. The van der Waals surface area contributed by atoms with Crippen molar-refractivity contribution < 1.29 is 9.47 Å². The monoisotopic (exact) mass is 378 g/mol. The fraction of sp³-hybridized carbons (Fsp3) is 0.737. The number of nitrogens with zero attached hydrogens (tertiary/aromatic N) is 2. The van der Waals surface area contributed by atoms with Crippen molar-refractivity contribution in [3.8, 4) is 0 Å². The van der Waals surface area contributed by atoms with Crippen LogP contribution < -0.4 is 10.6 Å². The lowest BCUT2D eigenvalue weighted by Gasteiger charge is -2.33. The molecule has 3 saturated heterocycles. The number of nitrogens with one attached hydrogen (secondary N) is 2. The standard InChI is InChI=1S/C19H30N4O2S/c1-2-20-19(22-15-12-14-5-6-17(15)25-14)21-13-16(18-4-3-11-26-18)23-7-9-24-10-8-23/h3-4,11,14-17H,2,5-10,12-13H2,1H3,(H2,20,21,22). The van der Waals surface area contributed by atoms with Gasteiger partial charge in [0.2, 0.25) is 0 Å². The smallest absolute Gasteiger partial charge is 0.191 e. The van der Waals surface area contributed by atoms with Crippen LogP contribution in [0.5, 0.6) is 0 Å². The predicted octanol–water partition coefficient (Wildman–Crippen LogP) is 2.00. The number of rotatable bonds is 6. The molecule has 0 aromatic carbocycles. The predicted molar refractivity (Wildman–Crippen MR) is 105 cm³/mol. The molecule has 0 aliphatic carbocycles. The van der Waals surface area contributed by atoms with Crippen LogP contribution in [0.2, 0.25) is 0 Å². The van der Waals surface area contributed by atoms with Gasteiger partial charge in [0.15, 0.2) is 5.96 Å². The lowest BCUT2D eigenvalue weighted by Crippen LogP contribution is -2.48. The van der Waals surface area contributed by atoms with E-state index in [1.807, 2.05) is 11.3 Å². The second kappa shape index (κ2) is 8.69. The minimum atomic E-state index is 0.325. The Kier molecular flexibility index (Phi) is 6.09. The molecule has 2 bridgehead atoms. The first-order chi connectivity index (χ1) is 12.8. The van der Waals surface area contributed by atoms with E-state index in [9.17, 15) is 0 Å². The molecule has 1 aromatic heterocycles. The Morgan fingerprint density at radius 2 is 2.27 bits per heavy atom. The average molecular weight is 379 g/mol. The van der Waals surface area contributed by atoms with E-state index in [-0.39, 0.29) is 0 Å². The maximum Gasteiger partial charge on any atom is 0.191 e. The van der Waals surface area contributed by atoms with Crippen molar-refractivity contribution in [2.45, 2.75) is 50.5 Å². The van der Waals surface area contributed by atoms with Gasteiger partial charge >= 0.3 is 0 Å². The van der Waals surface area contributed by atoms with Gasteiger partial charge in [0.1, 0.15) is 0 Å². The van der Waals surface area contributed by atoms with Gasteiger partial charge in [-0.25, -0.2) is 0 Å². The zero-order valence-corrected chi connectivity index (χ0v) is 16.3. The SMILES string of the molecule is CCNC(=NCC(c1cccs1)N1CCOCC1)NC1CC2CCC1O2. The first-order valence-corrected chi connectivity index (χ1v) is 10.8. The highest BCUT2D eigenvalue weighted by atomic mass is 32.1. The molecule has 1 aromatic rings. The molecule has 4 unspecified atom stereocenters. The number of thiophene rings is 1. The molecule has 6 nitrogen and oxygen atoms in total. The summed E-state index contributed by atoms with van der Waals surface area (Å²) < 4.78 is 11.5. The maximum atomic E-state index is 5.98. The zero-order valence-electron chi connectivity index (χ0n) is 15.5. The van der Waals surface area contributed by atoms with Gasteiger partial charge < -0.3 is 20.1 Å². The molecule has 26 heavy (non-hydrogen) atoms. The highest BCUT2D eigenvalue weighted by molar-refractivity contribution is 7.10. The van der Waals surface area contributed by atoms with E-state index in [0.717, 1.165) is 51.8 Å². The summed E-state index contributed by atoms with van der Waals surface area (Å²) in [6.07, 6.45) is 4.30. The average Bonchev–Trinajstić information content (AvgIpc) is 3.41. The number of hydrogen-bond donors (Lipinski definition) is 2. The Morgan fingerprint density at radius 3 is 2.92 bits per heavy atom. The van der Waals surface area contributed by atoms with E-state index >= 15 is 0 Å². The number of guanidine groups is 1. The Labute approximate surface area is 160 Å². The van der Waals surface area contributed by atoms with Crippen LogP contribution in [0, 0.1) is 0 Å². The Hall–Kier alpha value is -1.15.